The van der Waals surface area contributed by atoms with Crippen molar-refractivity contribution >= 4 is 53.2 Å². The number of benzene rings is 1. The molecule has 17 N–H and O–H groups in total. The van der Waals surface area contributed by atoms with Gasteiger partial charge in [-0.15, -0.1) is 0 Å². The van der Waals surface area contributed by atoms with Crippen molar-refractivity contribution in [3.8, 4) is 5.75 Å². The van der Waals surface area contributed by atoms with Crippen molar-refractivity contribution in [2.24, 2.45) is 17.4 Å². The molecule has 370 valence electrons. The van der Waals surface area contributed by atoms with Gasteiger partial charge in [0.05, 0.1) is 32.5 Å². The summed E-state index contributed by atoms with van der Waals surface area (Å²) in [7, 11) is 0. The smallest absolute Gasteiger partial charge is 0.328 e. The minimum Gasteiger partial charge on any atom is -0.508 e. The predicted octanol–water partition coefficient (Wildman–Crippen LogP) is -6.10. The summed E-state index contributed by atoms with van der Waals surface area (Å²) in [5.74, 6) is -9.71. The molecule has 1 heterocycles. The summed E-state index contributed by atoms with van der Waals surface area (Å²) in [6.07, 6.45) is 1.41. The number of nitrogens with zero attached hydrogens (tertiary/aromatic N) is 1. The van der Waals surface area contributed by atoms with Crippen LogP contribution in [0.15, 0.2) is 24.3 Å². The molecule has 10 atom stereocenters. The fourth-order valence-corrected chi connectivity index (χ4v) is 6.75. The number of amides is 8. The van der Waals surface area contributed by atoms with E-state index in [2.05, 4.69) is 31.9 Å². The molecule has 0 unspecified atom stereocenters. The summed E-state index contributed by atoms with van der Waals surface area (Å²) in [6.45, 7) is 1.28. The standard InChI is InChI=1S/C41H66N10O15/c1-4-21(2)32(39(63)44-25(8-5-6-14-42)33(57)46-27(17-52)36(60)49-30(20-55)41(65)66)50-37(61)29(19-54)47-34(58)26(16-23-10-12-24(56)13-11-23)45-35(59)28(18-53)48-38(62)31-9-7-15-51(31)40(64)22(3)43/h10-13,21-22,25-32,52-56H,4-9,14-20,42-43H2,1-3H3,(H,44,63)(H,45,59)(H,46,57)(H,47,58)(H,48,62)(H,49,60)(H,50,61)(H,65,66)/t21-,22+,25-,26-,27-,28-,29-,30-,31-,32-/m0/s1. The largest absolute Gasteiger partial charge is 0.508 e. The van der Waals surface area contributed by atoms with E-state index in [1.54, 1.807) is 13.8 Å². The van der Waals surface area contributed by atoms with Crippen LogP contribution < -0.4 is 48.7 Å². The van der Waals surface area contributed by atoms with Gasteiger partial charge in [-0.05, 0) is 69.2 Å². The summed E-state index contributed by atoms with van der Waals surface area (Å²) >= 11 is 0. The minimum absolute atomic E-state index is 0.0410. The molecule has 0 radical (unpaired) electrons. The van der Waals surface area contributed by atoms with E-state index < -0.39 is 140 Å². The summed E-state index contributed by atoms with van der Waals surface area (Å²) in [4.78, 5) is 120. The number of rotatable bonds is 28. The second-order valence-electron chi connectivity index (χ2n) is 15.9. The Morgan fingerprint density at radius 1 is 0.667 bits per heavy atom. The maximum atomic E-state index is 13.9. The Morgan fingerprint density at radius 2 is 1.14 bits per heavy atom. The van der Waals surface area contributed by atoms with E-state index >= 15 is 0 Å². The van der Waals surface area contributed by atoms with Gasteiger partial charge in [-0.25, -0.2) is 4.79 Å². The highest BCUT2D eigenvalue weighted by Crippen LogP contribution is 2.19. The van der Waals surface area contributed by atoms with Gasteiger partial charge in [0.25, 0.3) is 0 Å². The molecule has 2 rings (SSSR count). The second kappa shape index (κ2) is 28.1. The highest BCUT2D eigenvalue weighted by atomic mass is 16.4. The number of phenols is 1. The van der Waals surface area contributed by atoms with Gasteiger partial charge in [-0.2, -0.15) is 0 Å². The number of aliphatic hydroxyl groups excluding tert-OH is 4. The molecular formula is C41H66N10O15. The first-order chi connectivity index (χ1) is 31.3. The first kappa shape index (κ1) is 56.1. The summed E-state index contributed by atoms with van der Waals surface area (Å²) < 4.78 is 0. The van der Waals surface area contributed by atoms with Gasteiger partial charge in [0, 0.05) is 13.0 Å². The molecule has 1 saturated heterocycles. The number of likely N-dealkylation sites (tertiary alicyclic amines) is 1. The Balaban J connectivity index is 2.31. The number of carbonyl (C=O) groups is 9. The second-order valence-corrected chi connectivity index (χ2v) is 15.9. The molecule has 0 bridgehead atoms. The number of aliphatic carboxylic acids is 1. The molecule has 0 aromatic heterocycles. The molecule has 66 heavy (non-hydrogen) atoms. The Hall–Kier alpha value is -5.99. The van der Waals surface area contributed by atoms with Crippen molar-refractivity contribution in [1.29, 1.82) is 0 Å². The number of carboxylic acids is 1. The fraction of sp³-hybridized carbons (Fsp3) is 0.634. The maximum Gasteiger partial charge on any atom is 0.328 e. The van der Waals surface area contributed by atoms with Gasteiger partial charge in [0.2, 0.25) is 47.3 Å². The number of hydrogen-bond acceptors (Lipinski definition) is 16. The molecule has 1 fully saturated rings. The zero-order valence-electron chi connectivity index (χ0n) is 37.2. The molecule has 1 aromatic rings. The highest BCUT2D eigenvalue weighted by molar-refractivity contribution is 5.98. The Morgan fingerprint density at radius 3 is 1.64 bits per heavy atom. The molecule has 25 heteroatoms. The van der Waals surface area contributed by atoms with Crippen LogP contribution in [0.1, 0.15) is 64.9 Å². The minimum atomic E-state index is -1.75. The van der Waals surface area contributed by atoms with Crippen molar-refractivity contribution in [3.05, 3.63) is 29.8 Å². The van der Waals surface area contributed by atoms with Crippen LogP contribution in [-0.2, 0) is 49.6 Å². The lowest BCUT2D eigenvalue weighted by molar-refractivity contribution is -0.143. The average molecular weight is 939 g/mol. The van der Waals surface area contributed by atoms with Crippen LogP contribution in [0.25, 0.3) is 0 Å². The van der Waals surface area contributed by atoms with Crippen molar-refractivity contribution < 1.29 is 73.8 Å². The average Bonchev–Trinajstić information content (AvgIpc) is 3.79. The lowest BCUT2D eigenvalue weighted by atomic mass is 9.97. The first-order valence-corrected chi connectivity index (χ1v) is 21.6. The molecule has 1 aliphatic rings. The third-order valence-corrected chi connectivity index (χ3v) is 10.9. The number of aliphatic hydroxyl groups is 4. The van der Waals surface area contributed by atoms with Crippen LogP contribution in [0.5, 0.6) is 5.75 Å². The van der Waals surface area contributed by atoms with Crippen molar-refractivity contribution in [1.82, 2.24) is 42.1 Å². The molecule has 8 amide bonds. The topological polar surface area (TPSA) is 414 Å². The van der Waals surface area contributed by atoms with Gasteiger partial charge in [0.15, 0.2) is 0 Å². The number of nitrogens with two attached hydrogens (primary N) is 2. The predicted molar refractivity (Wildman–Crippen MR) is 232 cm³/mol. The van der Waals surface area contributed by atoms with Gasteiger partial charge in [-0.1, -0.05) is 32.4 Å². The Bertz CT molecular complexity index is 1820. The lowest BCUT2D eigenvalue weighted by Gasteiger charge is -2.29. The highest BCUT2D eigenvalue weighted by Gasteiger charge is 2.38. The van der Waals surface area contributed by atoms with Crippen LogP contribution in [0.2, 0.25) is 0 Å². The molecule has 25 nitrogen and oxygen atoms in total. The number of aromatic hydroxyl groups is 1. The third kappa shape index (κ3) is 17.1. The van der Waals surface area contributed by atoms with Crippen LogP contribution in [-0.4, -0.2) is 183 Å². The van der Waals surface area contributed by atoms with Crippen molar-refractivity contribution in [3.63, 3.8) is 0 Å². The van der Waals surface area contributed by atoms with Crippen LogP contribution in [0.4, 0.5) is 0 Å². The van der Waals surface area contributed by atoms with Gasteiger partial charge >= 0.3 is 5.97 Å². The van der Waals surface area contributed by atoms with Crippen LogP contribution >= 0.6 is 0 Å². The Labute approximate surface area is 381 Å². The Kier molecular flexibility index (Phi) is 23.9. The fourth-order valence-electron chi connectivity index (χ4n) is 6.75. The van der Waals surface area contributed by atoms with Crippen molar-refractivity contribution in [2.45, 2.75) is 120 Å². The number of phenolic OH excluding ortho intramolecular Hbond substituents is 1. The van der Waals surface area contributed by atoms with E-state index in [0.717, 1.165) is 0 Å². The number of hydrogen-bond donors (Lipinski definition) is 15. The summed E-state index contributed by atoms with van der Waals surface area (Å²) in [6, 6.07) is -7.50. The number of unbranched alkanes of at least 4 members (excludes halogenated alkanes) is 1. The van der Waals surface area contributed by atoms with Crippen LogP contribution in [0, 0.1) is 5.92 Å². The lowest BCUT2D eigenvalue weighted by Crippen LogP contribution is -2.62. The quantitative estimate of drug-likeness (QED) is 0.0348. The van der Waals surface area contributed by atoms with E-state index in [0.29, 0.717) is 18.4 Å². The monoisotopic (exact) mass is 938 g/mol. The number of carboxylic acid groups (broad SMARTS) is 1. The normalized spacial score (nSPS) is 17.5. The van der Waals surface area contributed by atoms with Gasteiger partial charge < -0.3 is 84.2 Å². The summed E-state index contributed by atoms with van der Waals surface area (Å²) in [5, 5.41) is 74.9. The molecule has 1 aliphatic heterocycles. The molecular weight excluding hydrogens is 873 g/mol. The molecule has 0 aliphatic carbocycles. The summed E-state index contributed by atoms with van der Waals surface area (Å²) in [5.41, 5.74) is 11.7. The van der Waals surface area contributed by atoms with E-state index in [-0.39, 0.29) is 50.9 Å². The van der Waals surface area contributed by atoms with Gasteiger partial charge in [0.1, 0.15) is 54.1 Å². The number of nitrogens with one attached hydrogen (secondary N) is 7. The third-order valence-electron chi connectivity index (χ3n) is 10.9. The zero-order chi connectivity index (χ0) is 49.7. The van der Waals surface area contributed by atoms with E-state index in [9.17, 15) is 68.7 Å². The maximum absolute atomic E-state index is 13.9. The van der Waals surface area contributed by atoms with Gasteiger partial charge in [-0.3, -0.25) is 38.4 Å². The van der Waals surface area contributed by atoms with E-state index in [1.807, 2.05) is 5.32 Å². The SMILES string of the molecule is CC[C@H](C)[C@H](NC(=O)[C@H](CO)NC(=O)[C@H](Cc1ccc(O)cc1)NC(=O)[C@H](CO)NC(=O)[C@@H]1CCCN1C(=O)[C@@H](C)N)C(=O)N[C@@H](CCCCN)C(=O)N[C@@H](CO)C(=O)N[C@@H](CO)C(=O)O. The zero-order valence-corrected chi connectivity index (χ0v) is 37.2. The van der Waals surface area contributed by atoms with E-state index in [4.69, 9.17) is 16.6 Å². The van der Waals surface area contributed by atoms with Crippen molar-refractivity contribution in [2.75, 3.05) is 39.5 Å². The molecule has 0 saturated carbocycles. The van der Waals surface area contributed by atoms with E-state index in [1.165, 1.54) is 36.1 Å². The first-order valence-electron chi connectivity index (χ1n) is 21.6. The number of carbonyl (C=O) groups excluding carboxylic acids is 8. The van der Waals surface area contributed by atoms with Crippen LogP contribution in [0.3, 0.4) is 0 Å². The molecule has 1 aromatic carbocycles. The molecule has 0 spiro atoms.